The van der Waals surface area contributed by atoms with Gasteiger partial charge in [-0.15, -0.1) is 10.2 Å². The van der Waals surface area contributed by atoms with Crippen molar-refractivity contribution >= 4 is 38.0 Å². The number of ether oxygens (including phenoxy) is 1. The zero-order chi connectivity index (χ0) is 14.9. The van der Waals surface area contributed by atoms with Crippen LogP contribution in [0.4, 0.5) is 5.13 Å². The topological polar surface area (TPSA) is 51.1 Å². The van der Waals surface area contributed by atoms with Crippen LogP contribution in [0.15, 0.2) is 24.3 Å². The van der Waals surface area contributed by atoms with Crippen LogP contribution >= 0.6 is 22.7 Å². The second-order valence-corrected chi connectivity index (χ2v) is 7.51. The van der Waals surface area contributed by atoms with Gasteiger partial charge in [-0.25, -0.2) is 4.98 Å². The fourth-order valence-corrected chi connectivity index (χ4v) is 4.24. The Balaban J connectivity index is 1.39. The van der Waals surface area contributed by atoms with Crippen molar-refractivity contribution in [3.05, 3.63) is 29.3 Å². The number of para-hydroxylation sites is 1. The molecule has 0 amide bonds. The number of piperidine rings is 1. The summed E-state index contributed by atoms with van der Waals surface area (Å²) < 4.78 is 7.26. The standard InChI is InChI=1S/C15H16N4OS2/c1-10-17-18-14(21-10)19-8-6-11(7-9-19)20-15-16-12-4-2-3-5-13(12)22-15/h2-5,11H,6-9H2,1H3. The first kappa shape index (κ1) is 13.9. The van der Waals surface area contributed by atoms with E-state index in [0.717, 1.165) is 46.8 Å². The van der Waals surface area contributed by atoms with Crippen LogP contribution in [0.1, 0.15) is 17.8 Å². The third kappa shape index (κ3) is 2.78. The lowest BCUT2D eigenvalue weighted by Gasteiger charge is -2.30. The Morgan fingerprint density at radius 1 is 1.14 bits per heavy atom. The highest BCUT2D eigenvalue weighted by Gasteiger charge is 2.23. The molecule has 3 heterocycles. The average Bonchev–Trinajstić information content (AvgIpc) is 3.13. The summed E-state index contributed by atoms with van der Waals surface area (Å²) in [6.07, 6.45) is 2.23. The fourth-order valence-electron chi connectivity index (χ4n) is 2.62. The van der Waals surface area contributed by atoms with Crippen molar-refractivity contribution in [2.75, 3.05) is 18.0 Å². The van der Waals surface area contributed by atoms with Crippen molar-refractivity contribution in [1.29, 1.82) is 0 Å². The smallest absolute Gasteiger partial charge is 0.274 e. The first-order valence-electron chi connectivity index (χ1n) is 7.35. The maximum Gasteiger partial charge on any atom is 0.274 e. The van der Waals surface area contributed by atoms with Gasteiger partial charge in [0.2, 0.25) is 5.13 Å². The van der Waals surface area contributed by atoms with Gasteiger partial charge in [-0.05, 0) is 19.1 Å². The molecule has 1 aliphatic rings. The minimum Gasteiger partial charge on any atom is -0.467 e. The summed E-state index contributed by atoms with van der Waals surface area (Å²) in [5.41, 5.74) is 1.02. The summed E-state index contributed by atoms with van der Waals surface area (Å²) in [6, 6.07) is 8.15. The van der Waals surface area contributed by atoms with Gasteiger partial charge in [0, 0.05) is 25.9 Å². The number of aryl methyl sites for hydroxylation is 1. The van der Waals surface area contributed by atoms with Crippen LogP contribution in [-0.2, 0) is 0 Å². The molecule has 2 aromatic heterocycles. The van der Waals surface area contributed by atoms with Crippen LogP contribution in [-0.4, -0.2) is 34.4 Å². The Morgan fingerprint density at radius 3 is 2.68 bits per heavy atom. The Morgan fingerprint density at radius 2 is 1.95 bits per heavy atom. The van der Waals surface area contributed by atoms with E-state index in [2.05, 4.69) is 26.1 Å². The molecule has 0 bridgehead atoms. The van der Waals surface area contributed by atoms with Crippen LogP contribution < -0.4 is 9.64 Å². The van der Waals surface area contributed by atoms with E-state index in [0.29, 0.717) is 0 Å². The zero-order valence-corrected chi connectivity index (χ0v) is 13.9. The predicted octanol–water partition coefficient (Wildman–Crippen LogP) is 3.50. The number of anilines is 1. The van der Waals surface area contributed by atoms with Crippen LogP contribution in [0, 0.1) is 6.92 Å². The molecule has 0 saturated carbocycles. The number of nitrogens with zero attached hydrogens (tertiary/aromatic N) is 4. The van der Waals surface area contributed by atoms with Crippen LogP contribution in [0.3, 0.4) is 0 Å². The van der Waals surface area contributed by atoms with Gasteiger partial charge in [-0.2, -0.15) is 0 Å². The van der Waals surface area contributed by atoms with Gasteiger partial charge in [0.05, 0.1) is 10.2 Å². The van der Waals surface area contributed by atoms with Crippen LogP contribution in [0.2, 0.25) is 0 Å². The molecule has 1 fully saturated rings. The van der Waals surface area contributed by atoms with Crippen molar-refractivity contribution in [2.24, 2.45) is 0 Å². The number of rotatable bonds is 3. The Hall–Kier alpha value is -1.73. The first-order chi connectivity index (χ1) is 10.8. The molecule has 22 heavy (non-hydrogen) atoms. The third-order valence-corrected chi connectivity index (χ3v) is 5.60. The molecule has 5 nitrogen and oxygen atoms in total. The van der Waals surface area contributed by atoms with E-state index < -0.39 is 0 Å². The highest BCUT2D eigenvalue weighted by molar-refractivity contribution is 7.20. The molecule has 0 radical (unpaired) electrons. The lowest BCUT2D eigenvalue weighted by molar-refractivity contribution is 0.170. The van der Waals surface area contributed by atoms with Crippen molar-refractivity contribution in [1.82, 2.24) is 15.2 Å². The zero-order valence-electron chi connectivity index (χ0n) is 12.2. The molecule has 0 N–H and O–H groups in total. The average molecular weight is 332 g/mol. The Kier molecular flexibility index (Phi) is 3.67. The molecule has 3 aromatic rings. The molecule has 0 aliphatic carbocycles. The summed E-state index contributed by atoms with van der Waals surface area (Å²) in [4.78, 5) is 6.84. The number of aromatic nitrogens is 3. The Bertz CT molecular complexity index is 744. The lowest BCUT2D eigenvalue weighted by Crippen LogP contribution is -2.38. The highest BCUT2D eigenvalue weighted by Crippen LogP contribution is 2.30. The summed E-state index contributed by atoms with van der Waals surface area (Å²) >= 11 is 3.28. The minimum absolute atomic E-state index is 0.242. The molecule has 0 spiro atoms. The molecule has 0 unspecified atom stereocenters. The van der Waals surface area contributed by atoms with E-state index in [9.17, 15) is 0 Å². The Labute approximate surface area is 136 Å². The van der Waals surface area contributed by atoms with Crippen LogP contribution in [0.5, 0.6) is 5.19 Å². The summed E-state index contributed by atoms with van der Waals surface area (Å²) in [6.45, 7) is 3.92. The normalized spacial score (nSPS) is 16.3. The van der Waals surface area contributed by atoms with Gasteiger partial charge < -0.3 is 9.64 Å². The first-order valence-corrected chi connectivity index (χ1v) is 8.98. The van der Waals surface area contributed by atoms with Crippen molar-refractivity contribution in [3.63, 3.8) is 0 Å². The number of thiazole rings is 1. The predicted molar refractivity (Wildman–Crippen MR) is 90.1 cm³/mol. The van der Waals surface area contributed by atoms with E-state index in [1.807, 2.05) is 25.1 Å². The van der Waals surface area contributed by atoms with E-state index >= 15 is 0 Å². The minimum atomic E-state index is 0.242. The maximum atomic E-state index is 6.08. The third-order valence-electron chi connectivity index (χ3n) is 3.77. The van der Waals surface area contributed by atoms with Crippen LogP contribution in [0.25, 0.3) is 10.2 Å². The number of hydrogen-bond acceptors (Lipinski definition) is 7. The second-order valence-electron chi connectivity index (χ2n) is 5.36. The fraction of sp³-hybridized carbons (Fsp3) is 0.400. The number of hydrogen-bond donors (Lipinski definition) is 0. The molecular weight excluding hydrogens is 316 g/mol. The molecule has 114 valence electrons. The molecular formula is C15H16N4OS2. The maximum absolute atomic E-state index is 6.08. The quantitative estimate of drug-likeness (QED) is 0.735. The molecule has 1 aliphatic heterocycles. The van der Waals surface area contributed by atoms with Gasteiger partial charge in [0.15, 0.2) is 0 Å². The van der Waals surface area contributed by atoms with Crippen molar-refractivity contribution in [2.45, 2.75) is 25.9 Å². The monoisotopic (exact) mass is 332 g/mol. The second kappa shape index (κ2) is 5.81. The lowest BCUT2D eigenvalue weighted by atomic mass is 10.1. The largest absolute Gasteiger partial charge is 0.467 e. The summed E-state index contributed by atoms with van der Waals surface area (Å²) in [5, 5.41) is 11.1. The summed E-state index contributed by atoms with van der Waals surface area (Å²) in [7, 11) is 0. The molecule has 7 heteroatoms. The summed E-state index contributed by atoms with van der Waals surface area (Å²) in [5.74, 6) is 0. The molecule has 1 aromatic carbocycles. The number of fused-ring (bicyclic) bond motifs is 1. The van der Waals surface area contributed by atoms with Gasteiger partial charge >= 0.3 is 0 Å². The van der Waals surface area contributed by atoms with Crippen molar-refractivity contribution in [3.8, 4) is 5.19 Å². The van der Waals surface area contributed by atoms with Gasteiger partial charge in [-0.1, -0.05) is 34.8 Å². The SMILES string of the molecule is Cc1nnc(N2CCC(Oc3nc4ccccc4s3)CC2)s1. The van der Waals surface area contributed by atoms with E-state index in [4.69, 9.17) is 4.74 Å². The van der Waals surface area contributed by atoms with E-state index in [1.54, 1.807) is 22.7 Å². The van der Waals surface area contributed by atoms with E-state index in [-0.39, 0.29) is 6.10 Å². The molecule has 1 saturated heterocycles. The molecule has 0 atom stereocenters. The highest BCUT2D eigenvalue weighted by atomic mass is 32.1. The van der Waals surface area contributed by atoms with E-state index in [1.165, 1.54) is 4.70 Å². The van der Waals surface area contributed by atoms with Gasteiger partial charge in [-0.3, -0.25) is 0 Å². The molecule has 4 rings (SSSR count). The number of benzene rings is 1. The van der Waals surface area contributed by atoms with Gasteiger partial charge in [0.25, 0.3) is 5.19 Å². The van der Waals surface area contributed by atoms with Gasteiger partial charge in [0.1, 0.15) is 11.1 Å². The van der Waals surface area contributed by atoms with Crippen molar-refractivity contribution < 1.29 is 4.74 Å².